The predicted octanol–water partition coefficient (Wildman–Crippen LogP) is 1.58. The molecule has 0 saturated heterocycles. The molecule has 7 heteroatoms. The molecule has 0 aliphatic carbocycles. The van der Waals surface area contributed by atoms with Crippen molar-refractivity contribution in [2.45, 2.75) is 6.42 Å². The summed E-state index contributed by atoms with van der Waals surface area (Å²) < 4.78 is 18.5. The van der Waals surface area contributed by atoms with Gasteiger partial charge in [0.1, 0.15) is 12.1 Å². The van der Waals surface area contributed by atoms with Gasteiger partial charge in [0.25, 0.3) is 0 Å². The minimum Gasteiger partial charge on any atom is -0.338 e. The van der Waals surface area contributed by atoms with Crippen molar-refractivity contribution in [3.8, 4) is 11.6 Å². The molecule has 1 N–H and O–H groups in total. The molecule has 0 aliphatic heterocycles. The third-order valence-electron chi connectivity index (χ3n) is 2.39. The van der Waals surface area contributed by atoms with E-state index in [1.165, 1.54) is 12.4 Å². The van der Waals surface area contributed by atoms with E-state index >= 15 is 0 Å². The zero-order valence-electron chi connectivity index (χ0n) is 9.17. The van der Waals surface area contributed by atoms with Crippen molar-refractivity contribution in [1.29, 1.82) is 0 Å². The van der Waals surface area contributed by atoms with Crippen molar-refractivity contribution < 1.29 is 8.91 Å². The van der Waals surface area contributed by atoms with Crippen LogP contribution in [-0.2, 0) is 6.42 Å². The Bertz CT molecular complexity index is 649. The number of nitrogens with zero attached hydrogens (tertiary/aromatic N) is 4. The van der Waals surface area contributed by atoms with Gasteiger partial charge in [-0.3, -0.25) is 5.10 Å². The first-order valence-corrected chi connectivity index (χ1v) is 5.24. The van der Waals surface area contributed by atoms with Gasteiger partial charge in [0, 0.05) is 0 Å². The standard InChI is InChI=1S/C11H8FN5O/c12-8-4-2-1-3-7(8)5-9-15-11(17-18-9)10-13-6-14-16-10/h1-4,6H,5H2,(H,13,14,16). The Morgan fingerprint density at radius 1 is 1.28 bits per heavy atom. The SMILES string of the molecule is Fc1ccccc1Cc1nc(-c2ncn[nH]2)no1. The Labute approximate surface area is 101 Å². The summed E-state index contributed by atoms with van der Waals surface area (Å²) in [5.74, 6) is 0.751. The van der Waals surface area contributed by atoms with Crippen LogP contribution in [0.15, 0.2) is 35.1 Å². The zero-order chi connectivity index (χ0) is 12.4. The van der Waals surface area contributed by atoms with Crippen molar-refractivity contribution >= 4 is 0 Å². The topological polar surface area (TPSA) is 80.5 Å². The number of aromatic nitrogens is 5. The van der Waals surface area contributed by atoms with E-state index in [2.05, 4.69) is 25.3 Å². The fraction of sp³-hybridized carbons (Fsp3) is 0.0909. The maximum Gasteiger partial charge on any atom is 0.239 e. The van der Waals surface area contributed by atoms with Gasteiger partial charge in [-0.25, -0.2) is 9.37 Å². The number of nitrogens with one attached hydrogen (secondary N) is 1. The second-order valence-electron chi connectivity index (χ2n) is 3.61. The fourth-order valence-electron chi connectivity index (χ4n) is 1.54. The normalized spacial score (nSPS) is 10.7. The molecule has 6 nitrogen and oxygen atoms in total. The van der Waals surface area contributed by atoms with Gasteiger partial charge in [0.2, 0.25) is 11.7 Å². The molecule has 0 fully saturated rings. The number of hydrogen-bond donors (Lipinski definition) is 1. The Balaban J connectivity index is 1.85. The van der Waals surface area contributed by atoms with Crippen molar-refractivity contribution in [2.24, 2.45) is 0 Å². The van der Waals surface area contributed by atoms with E-state index in [0.717, 1.165) is 0 Å². The molecule has 2 heterocycles. The van der Waals surface area contributed by atoms with Crippen LogP contribution in [0.1, 0.15) is 11.5 Å². The van der Waals surface area contributed by atoms with Crippen LogP contribution in [0.25, 0.3) is 11.6 Å². The number of rotatable bonds is 3. The molecular formula is C11H8FN5O. The van der Waals surface area contributed by atoms with Gasteiger partial charge >= 0.3 is 0 Å². The van der Waals surface area contributed by atoms with Gasteiger partial charge in [-0.05, 0) is 11.6 Å². The lowest BCUT2D eigenvalue weighted by Crippen LogP contribution is -1.92. The predicted molar refractivity (Wildman–Crippen MR) is 58.9 cm³/mol. The molecule has 0 radical (unpaired) electrons. The molecule has 3 aromatic rings. The third kappa shape index (κ3) is 1.97. The molecule has 2 aromatic heterocycles. The number of H-pyrrole nitrogens is 1. The van der Waals surface area contributed by atoms with E-state index in [0.29, 0.717) is 23.1 Å². The van der Waals surface area contributed by atoms with Crippen LogP contribution in [-0.4, -0.2) is 25.3 Å². The molecule has 0 unspecified atom stereocenters. The summed E-state index contributed by atoms with van der Waals surface area (Å²) in [6, 6.07) is 6.45. The highest BCUT2D eigenvalue weighted by atomic mass is 19.1. The molecule has 18 heavy (non-hydrogen) atoms. The summed E-state index contributed by atoms with van der Waals surface area (Å²) >= 11 is 0. The van der Waals surface area contributed by atoms with Gasteiger partial charge in [-0.15, -0.1) is 0 Å². The maximum absolute atomic E-state index is 13.4. The van der Waals surface area contributed by atoms with Crippen molar-refractivity contribution in [3.05, 3.63) is 47.9 Å². The summed E-state index contributed by atoms with van der Waals surface area (Å²) in [6.45, 7) is 0. The summed E-state index contributed by atoms with van der Waals surface area (Å²) in [7, 11) is 0. The van der Waals surface area contributed by atoms with Crippen molar-refractivity contribution in [1.82, 2.24) is 25.3 Å². The smallest absolute Gasteiger partial charge is 0.239 e. The van der Waals surface area contributed by atoms with Crippen LogP contribution in [0, 0.1) is 5.82 Å². The average Bonchev–Trinajstić information content (AvgIpc) is 3.02. The van der Waals surface area contributed by atoms with Gasteiger partial charge < -0.3 is 4.52 Å². The minimum atomic E-state index is -0.295. The lowest BCUT2D eigenvalue weighted by molar-refractivity contribution is 0.384. The largest absolute Gasteiger partial charge is 0.338 e. The first kappa shape index (κ1) is 10.6. The van der Waals surface area contributed by atoms with Crippen molar-refractivity contribution in [2.75, 3.05) is 0 Å². The minimum absolute atomic E-state index is 0.244. The molecule has 0 bridgehead atoms. The van der Waals surface area contributed by atoms with Crippen LogP contribution < -0.4 is 0 Å². The van der Waals surface area contributed by atoms with Crippen LogP contribution in [0.3, 0.4) is 0 Å². The van der Waals surface area contributed by atoms with Crippen LogP contribution >= 0.6 is 0 Å². The van der Waals surface area contributed by atoms with Crippen molar-refractivity contribution in [3.63, 3.8) is 0 Å². The Kier molecular flexibility index (Phi) is 2.56. The number of benzene rings is 1. The highest BCUT2D eigenvalue weighted by molar-refractivity contribution is 5.39. The van der Waals surface area contributed by atoms with Gasteiger partial charge in [0.15, 0.2) is 5.82 Å². The van der Waals surface area contributed by atoms with Gasteiger partial charge in [-0.1, -0.05) is 23.4 Å². The molecule has 90 valence electrons. The van der Waals surface area contributed by atoms with Gasteiger partial charge in [0.05, 0.1) is 6.42 Å². The second kappa shape index (κ2) is 4.36. The first-order chi connectivity index (χ1) is 8.83. The molecule has 0 atom stereocenters. The van der Waals surface area contributed by atoms with E-state index in [-0.39, 0.29) is 12.2 Å². The van der Waals surface area contributed by atoms with Crippen LogP contribution in [0.5, 0.6) is 0 Å². The fourth-order valence-corrected chi connectivity index (χ4v) is 1.54. The maximum atomic E-state index is 13.4. The zero-order valence-corrected chi connectivity index (χ0v) is 9.17. The highest BCUT2D eigenvalue weighted by Gasteiger charge is 2.12. The van der Waals surface area contributed by atoms with E-state index < -0.39 is 0 Å². The third-order valence-corrected chi connectivity index (χ3v) is 2.39. The Morgan fingerprint density at radius 2 is 2.17 bits per heavy atom. The average molecular weight is 245 g/mol. The molecule has 0 saturated carbocycles. The van der Waals surface area contributed by atoms with Crippen LogP contribution in [0.4, 0.5) is 4.39 Å². The molecule has 3 rings (SSSR count). The lowest BCUT2D eigenvalue weighted by atomic mass is 10.1. The van der Waals surface area contributed by atoms with E-state index in [1.807, 2.05) is 0 Å². The van der Waals surface area contributed by atoms with E-state index in [1.54, 1.807) is 18.2 Å². The van der Waals surface area contributed by atoms with E-state index in [9.17, 15) is 4.39 Å². The first-order valence-electron chi connectivity index (χ1n) is 5.24. The molecule has 0 aliphatic rings. The highest BCUT2D eigenvalue weighted by Crippen LogP contribution is 2.14. The summed E-state index contributed by atoms with van der Waals surface area (Å²) in [4.78, 5) is 8.01. The monoisotopic (exact) mass is 245 g/mol. The molecule has 0 amide bonds. The van der Waals surface area contributed by atoms with Crippen LogP contribution in [0.2, 0.25) is 0 Å². The summed E-state index contributed by atoms with van der Waals surface area (Å²) in [5, 5.41) is 10.1. The molecule has 1 aromatic carbocycles. The Morgan fingerprint density at radius 3 is 2.94 bits per heavy atom. The number of halogens is 1. The number of aromatic amines is 1. The van der Waals surface area contributed by atoms with E-state index in [4.69, 9.17) is 4.52 Å². The molecular weight excluding hydrogens is 237 g/mol. The molecule has 0 spiro atoms. The summed E-state index contributed by atoms with van der Waals surface area (Å²) in [5.41, 5.74) is 0.505. The number of hydrogen-bond acceptors (Lipinski definition) is 5. The summed E-state index contributed by atoms with van der Waals surface area (Å²) in [6.07, 6.45) is 1.59. The Hall–Kier alpha value is -2.57. The second-order valence-corrected chi connectivity index (χ2v) is 3.61. The quantitative estimate of drug-likeness (QED) is 0.757. The lowest BCUT2D eigenvalue weighted by Gasteiger charge is -1.97. The van der Waals surface area contributed by atoms with Gasteiger partial charge in [-0.2, -0.15) is 10.1 Å².